The second-order valence-corrected chi connectivity index (χ2v) is 6.98. The molecule has 3 rings (SSSR count). The predicted octanol–water partition coefficient (Wildman–Crippen LogP) is 5.21. The van der Waals surface area contributed by atoms with Gasteiger partial charge in [0.05, 0.1) is 4.91 Å². The maximum atomic E-state index is 13.8. The molecule has 2 aromatic rings. The van der Waals surface area contributed by atoms with Crippen molar-refractivity contribution in [3.05, 3.63) is 69.3 Å². The number of likely N-dealkylation sites (N-methyl/N-ethyl adjacent to an activating group) is 1. The van der Waals surface area contributed by atoms with E-state index in [4.69, 9.17) is 0 Å². The van der Waals surface area contributed by atoms with Crippen molar-refractivity contribution in [3.8, 4) is 0 Å². The zero-order chi connectivity index (χ0) is 17.1. The standard InChI is InChI=1S/C18H14BrFN2OS/c1-2-22-17(23)16(11-12-7-9-13(19)10-8-12)24-18(22)21-15-6-4-3-5-14(15)20/h3-11H,2H2,1H3/b16-11+,21-18?. The summed E-state index contributed by atoms with van der Waals surface area (Å²) in [7, 11) is 0. The lowest BCUT2D eigenvalue weighted by Crippen LogP contribution is -2.28. The highest BCUT2D eigenvalue weighted by atomic mass is 79.9. The van der Waals surface area contributed by atoms with Gasteiger partial charge in [-0.3, -0.25) is 9.69 Å². The van der Waals surface area contributed by atoms with Crippen LogP contribution >= 0.6 is 27.7 Å². The minimum atomic E-state index is -0.403. The second kappa shape index (κ2) is 7.32. The van der Waals surface area contributed by atoms with Crippen molar-refractivity contribution in [2.75, 3.05) is 6.54 Å². The van der Waals surface area contributed by atoms with Crippen LogP contribution < -0.4 is 0 Å². The lowest BCUT2D eigenvalue weighted by Gasteiger charge is -2.12. The molecule has 0 unspecified atom stereocenters. The SMILES string of the molecule is CCN1C(=O)/C(=C\c2ccc(Br)cc2)SC1=Nc1ccccc1F. The van der Waals surface area contributed by atoms with Crippen LogP contribution in [0.2, 0.25) is 0 Å². The first-order valence-corrected chi connectivity index (χ1v) is 8.99. The van der Waals surface area contributed by atoms with Gasteiger partial charge in [-0.15, -0.1) is 0 Å². The number of thioether (sulfide) groups is 1. The lowest BCUT2D eigenvalue weighted by molar-refractivity contribution is -0.122. The third-order valence-corrected chi connectivity index (χ3v) is 4.98. The molecule has 1 aliphatic heterocycles. The van der Waals surface area contributed by atoms with E-state index in [-0.39, 0.29) is 11.6 Å². The Labute approximate surface area is 152 Å². The van der Waals surface area contributed by atoms with E-state index in [0.717, 1.165) is 10.0 Å². The van der Waals surface area contributed by atoms with Gasteiger partial charge < -0.3 is 0 Å². The molecule has 0 aromatic heterocycles. The fraction of sp³-hybridized carbons (Fsp3) is 0.111. The highest BCUT2D eigenvalue weighted by Crippen LogP contribution is 2.34. The topological polar surface area (TPSA) is 32.7 Å². The number of amidine groups is 1. The van der Waals surface area contributed by atoms with Crippen LogP contribution in [0.15, 0.2) is 62.9 Å². The number of halogens is 2. The van der Waals surface area contributed by atoms with Gasteiger partial charge in [0.25, 0.3) is 5.91 Å². The Hall–Kier alpha value is -1.92. The number of rotatable bonds is 3. The Bertz CT molecular complexity index is 833. The zero-order valence-corrected chi connectivity index (χ0v) is 15.3. The van der Waals surface area contributed by atoms with E-state index in [2.05, 4.69) is 20.9 Å². The van der Waals surface area contributed by atoms with Crippen LogP contribution in [0.1, 0.15) is 12.5 Å². The van der Waals surface area contributed by atoms with Gasteiger partial charge in [0.15, 0.2) is 5.17 Å². The average Bonchev–Trinajstić information content (AvgIpc) is 2.87. The van der Waals surface area contributed by atoms with Crippen molar-refractivity contribution in [2.45, 2.75) is 6.92 Å². The Morgan fingerprint density at radius 1 is 1.21 bits per heavy atom. The fourth-order valence-electron chi connectivity index (χ4n) is 2.23. The molecule has 1 saturated heterocycles. The van der Waals surface area contributed by atoms with Crippen molar-refractivity contribution in [1.29, 1.82) is 0 Å². The average molecular weight is 405 g/mol. The maximum absolute atomic E-state index is 13.8. The molecule has 0 aliphatic carbocycles. The Morgan fingerprint density at radius 3 is 2.58 bits per heavy atom. The van der Waals surface area contributed by atoms with Crippen LogP contribution in [0.3, 0.4) is 0 Å². The first-order chi connectivity index (χ1) is 11.6. The Morgan fingerprint density at radius 2 is 1.92 bits per heavy atom. The molecule has 1 amide bonds. The molecule has 2 aromatic carbocycles. The lowest BCUT2D eigenvalue weighted by atomic mass is 10.2. The summed E-state index contributed by atoms with van der Waals surface area (Å²) in [6.45, 7) is 2.36. The number of benzene rings is 2. The van der Waals surface area contributed by atoms with Gasteiger partial charge in [-0.25, -0.2) is 9.38 Å². The number of carbonyl (C=O) groups excluding carboxylic acids is 1. The molecule has 3 nitrogen and oxygen atoms in total. The second-order valence-electron chi connectivity index (χ2n) is 5.06. The largest absolute Gasteiger partial charge is 0.287 e. The monoisotopic (exact) mass is 404 g/mol. The van der Waals surface area contributed by atoms with Crippen LogP contribution in [-0.4, -0.2) is 22.5 Å². The van der Waals surface area contributed by atoms with Crippen LogP contribution in [0, 0.1) is 5.82 Å². The summed E-state index contributed by atoms with van der Waals surface area (Å²) in [5, 5.41) is 0.496. The van der Waals surface area contributed by atoms with E-state index >= 15 is 0 Å². The molecular formula is C18H14BrFN2OS. The number of hydrogen-bond acceptors (Lipinski definition) is 3. The van der Waals surface area contributed by atoms with Crippen LogP contribution in [0.25, 0.3) is 6.08 Å². The van der Waals surface area contributed by atoms with Gasteiger partial charge in [-0.05, 0) is 54.6 Å². The van der Waals surface area contributed by atoms with Crippen LogP contribution in [-0.2, 0) is 4.79 Å². The molecule has 0 spiro atoms. The quantitative estimate of drug-likeness (QED) is 0.657. The van der Waals surface area contributed by atoms with E-state index in [1.165, 1.54) is 17.8 Å². The Kier molecular flexibility index (Phi) is 5.16. The molecule has 122 valence electrons. The fourth-order valence-corrected chi connectivity index (χ4v) is 3.55. The highest BCUT2D eigenvalue weighted by molar-refractivity contribution is 9.10. The third kappa shape index (κ3) is 3.60. The van der Waals surface area contributed by atoms with Gasteiger partial charge in [-0.1, -0.05) is 40.2 Å². The molecule has 1 aliphatic rings. The van der Waals surface area contributed by atoms with Gasteiger partial charge in [-0.2, -0.15) is 0 Å². The van der Waals surface area contributed by atoms with Gasteiger partial charge in [0.1, 0.15) is 11.5 Å². The minimum absolute atomic E-state index is 0.111. The van der Waals surface area contributed by atoms with Crippen molar-refractivity contribution in [1.82, 2.24) is 4.90 Å². The van der Waals surface area contributed by atoms with Crippen molar-refractivity contribution >= 4 is 50.5 Å². The molecular weight excluding hydrogens is 391 g/mol. The number of carbonyl (C=O) groups is 1. The maximum Gasteiger partial charge on any atom is 0.266 e. The molecule has 24 heavy (non-hydrogen) atoms. The number of hydrogen-bond donors (Lipinski definition) is 0. The van der Waals surface area contributed by atoms with E-state index in [9.17, 15) is 9.18 Å². The van der Waals surface area contributed by atoms with Crippen molar-refractivity contribution < 1.29 is 9.18 Å². The summed E-state index contributed by atoms with van der Waals surface area (Å²) in [6.07, 6.45) is 1.83. The minimum Gasteiger partial charge on any atom is -0.287 e. The van der Waals surface area contributed by atoms with Gasteiger partial charge in [0, 0.05) is 11.0 Å². The molecule has 0 radical (unpaired) electrons. The Balaban J connectivity index is 1.94. The number of para-hydroxylation sites is 1. The van der Waals surface area contributed by atoms with E-state index in [1.807, 2.05) is 37.3 Å². The summed E-state index contributed by atoms with van der Waals surface area (Å²) in [4.78, 5) is 19.0. The van der Waals surface area contributed by atoms with E-state index in [1.54, 1.807) is 23.1 Å². The molecule has 0 bridgehead atoms. The van der Waals surface area contributed by atoms with Crippen molar-refractivity contribution in [3.63, 3.8) is 0 Å². The predicted molar refractivity (Wildman–Crippen MR) is 101 cm³/mol. The van der Waals surface area contributed by atoms with Crippen LogP contribution in [0.5, 0.6) is 0 Å². The molecule has 6 heteroatoms. The van der Waals surface area contributed by atoms with Crippen molar-refractivity contribution in [2.24, 2.45) is 4.99 Å². The van der Waals surface area contributed by atoms with Crippen LogP contribution in [0.4, 0.5) is 10.1 Å². The first kappa shape index (κ1) is 16.9. The zero-order valence-electron chi connectivity index (χ0n) is 12.9. The molecule has 0 N–H and O–H groups in total. The first-order valence-electron chi connectivity index (χ1n) is 7.38. The molecule has 0 atom stereocenters. The molecule has 0 saturated carbocycles. The summed E-state index contributed by atoms with van der Waals surface area (Å²) < 4.78 is 14.8. The molecule has 1 heterocycles. The summed E-state index contributed by atoms with van der Waals surface area (Å²) >= 11 is 4.65. The van der Waals surface area contributed by atoms with E-state index in [0.29, 0.717) is 16.6 Å². The number of aliphatic imine (C=N–C) groups is 1. The normalized spacial score (nSPS) is 18.0. The van der Waals surface area contributed by atoms with Gasteiger partial charge in [0.2, 0.25) is 0 Å². The van der Waals surface area contributed by atoms with Gasteiger partial charge >= 0.3 is 0 Å². The summed E-state index contributed by atoms with van der Waals surface area (Å²) in [5.41, 5.74) is 1.16. The smallest absolute Gasteiger partial charge is 0.266 e. The third-order valence-electron chi connectivity index (χ3n) is 3.44. The highest BCUT2D eigenvalue weighted by Gasteiger charge is 2.32. The summed E-state index contributed by atoms with van der Waals surface area (Å²) in [5.74, 6) is -0.514. The number of nitrogens with zero attached hydrogens (tertiary/aromatic N) is 2. The summed E-state index contributed by atoms with van der Waals surface area (Å²) in [6, 6.07) is 14.0. The van der Waals surface area contributed by atoms with E-state index < -0.39 is 5.82 Å². The number of amides is 1. The molecule has 1 fully saturated rings.